The predicted molar refractivity (Wildman–Crippen MR) is 100 cm³/mol. The van der Waals surface area contributed by atoms with Gasteiger partial charge in [-0.3, -0.25) is 4.79 Å². The Morgan fingerprint density at radius 3 is 2.32 bits per heavy atom. The van der Waals surface area contributed by atoms with Crippen LogP contribution in [0.5, 0.6) is 0 Å². The van der Waals surface area contributed by atoms with E-state index in [2.05, 4.69) is 5.32 Å². The third-order valence-electron chi connectivity index (χ3n) is 4.66. The molecule has 0 bridgehead atoms. The largest absolute Gasteiger partial charge is 0.325 e. The van der Waals surface area contributed by atoms with Crippen molar-refractivity contribution < 1.29 is 26.9 Å². The van der Waals surface area contributed by atoms with Crippen molar-refractivity contribution in [2.75, 3.05) is 38.0 Å². The third kappa shape index (κ3) is 4.54. The standard InChI is InChI=1S/C19H21F2N3O3S/c1-14-4-2-5-15(12-14)22-18(25)13-23-8-10-24(11-9-23)28(26,27)19-16(20)6-3-7-17(19)21/h2-7,12H,8-11,13H2,1H3,(H,22,25)/p+1. The molecule has 1 heterocycles. The molecule has 1 aliphatic heterocycles. The van der Waals surface area contributed by atoms with Gasteiger partial charge in [0.2, 0.25) is 10.0 Å². The van der Waals surface area contributed by atoms with E-state index in [9.17, 15) is 22.0 Å². The molecule has 2 aromatic carbocycles. The van der Waals surface area contributed by atoms with E-state index in [1.54, 1.807) is 6.07 Å². The second-order valence-electron chi connectivity index (χ2n) is 6.80. The maximum absolute atomic E-state index is 13.9. The molecular weight excluding hydrogens is 388 g/mol. The first-order chi connectivity index (χ1) is 13.3. The maximum Gasteiger partial charge on any atom is 0.279 e. The number of aryl methyl sites for hydroxylation is 1. The van der Waals surface area contributed by atoms with Gasteiger partial charge in [-0.05, 0) is 36.8 Å². The summed E-state index contributed by atoms with van der Waals surface area (Å²) in [6.07, 6.45) is 0. The van der Waals surface area contributed by atoms with Crippen LogP contribution in [-0.4, -0.2) is 51.4 Å². The molecule has 0 spiro atoms. The smallest absolute Gasteiger partial charge is 0.279 e. The molecule has 9 heteroatoms. The number of hydrogen-bond acceptors (Lipinski definition) is 3. The number of nitrogens with one attached hydrogen (secondary N) is 2. The zero-order chi connectivity index (χ0) is 20.3. The third-order valence-corrected chi connectivity index (χ3v) is 6.61. The topological polar surface area (TPSA) is 70.9 Å². The quantitative estimate of drug-likeness (QED) is 0.766. The normalized spacial score (nSPS) is 16.1. The zero-order valence-corrected chi connectivity index (χ0v) is 16.2. The number of nitrogens with zero attached hydrogens (tertiary/aromatic N) is 1. The fourth-order valence-corrected chi connectivity index (χ4v) is 4.78. The molecule has 0 unspecified atom stereocenters. The van der Waals surface area contributed by atoms with E-state index in [-0.39, 0.29) is 25.5 Å². The Bertz CT molecular complexity index is 954. The summed E-state index contributed by atoms with van der Waals surface area (Å²) in [6.45, 7) is 3.04. The van der Waals surface area contributed by atoms with Crippen molar-refractivity contribution in [2.24, 2.45) is 0 Å². The molecule has 0 saturated carbocycles. The Labute approximate surface area is 162 Å². The minimum atomic E-state index is -4.26. The summed E-state index contributed by atoms with van der Waals surface area (Å²) in [7, 11) is -4.26. The molecule has 0 radical (unpaired) electrons. The summed E-state index contributed by atoms with van der Waals surface area (Å²) in [5.74, 6) is -2.38. The number of benzene rings is 2. The molecule has 1 aliphatic rings. The highest BCUT2D eigenvalue weighted by Crippen LogP contribution is 2.22. The fraction of sp³-hybridized carbons (Fsp3) is 0.316. The second kappa shape index (κ2) is 8.34. The summed E-state index contributed by atoms with van der Waals surface area (Å²) in [6, 6.07) is 10.4. The number of quaternary nitrogens is 1. The first-order valence-corrected chi connectivity index (χ1v) is 10.4. The van der Waals surface area contributed by atoms with E-state index in [1.165, 1.54) is 0 Å². The van der Waals surface area contributed by atoms with Crippen LogP contribution in [0.1, 0.15) is 5.56 Å². The lowest BCUT2D eigenvalue weighted by molar-refractivity contribution is -0.895. The van der Waals surface area contributed by atoms with E-state index in [0.29, 0.717) is 18.8 Å². The van der Waals surface area contributed by atoms with Crippen LogP contribution < -0.4 is 10.2 Å². The molecule has 1 saturated heterocycles. The van der Waals surface area contributed by atoms with Crippen LogP contribution in [0.15, 0.2) is 47.4 Å². The summed E-state index contributed by atoms with van der Waals surface area (Å²) >= 11 is 0. The van der Waals surface area contributed by atoms with Crippen LogP contribution in [0, 0.1) is 18.6 Å². The summed E-state index contributed by atoms with van der Waals surface area (Å²) in [5, 5.41) is 2.82. The number of piperazine rings is 1. The van der Waals surface area contributed by atoms with Gasteiger partial charge in [-0.2, -0.15) is 4.31 Å². The first-order valence-electron chi connectivity index (χ1n) is 8.91. The van der Waals surface area contributed by atoms with Crippen LogP contribution in [0.25, 0.3) is 0 Å². The molecule has 3 rings (SSSR count). The molecule has 2 N–H and O–H groups in total. The van der Waals surface area contributed by atoms with Gasteiger partial charge < -0.3 is 10.2 Å². The van der Waals surface area contributed by atoms with Crippen molar-refractivity contribution in [1.29, 1.82) is 0 Å². The number of carbonyl (C=O) groups is 1. The summed E-state index contributed by atoms with van der Waals surface area (Å²) in [5.41, 5.74) is 1.74. The van der Waals surface area contributed by atoms with Crippen molar-refractivity contribution in [2.45, 2.75) is 11.8 Å². The van der Waals surface area contributed by atoms with Crippen molar-refractivity contribution >= 4 is 21.6 Å². The molecule has 0 aromatic heterocycles. The molecule has 6 nitrogen and oxygen atoms in total. The molecule has 0 aliphatic carbocycles. The summed E-state index contributed by atoms with van der Waals surface area (Å²) < 4.78 is 54.0. The van der Waals surface area contributed by atoms with Crippen LogP contribution in [0.2, 0.25) is 0 Å². The number of amides is 1. The van der Waals surface area contributed by atoms with Crippen LogP contribution in [0.3, 0.4) is 0 Å². The highest BCUT2D eigenvalue weighted by atomic mass is 32.2. The van der Waals surface area contributed by atoms with Gasteiger partial charge in [0, 0.05) is 5.69 Å². The minimum absolute atomic E-state index is 0.0865. The van der Waals surface area contributed by atoms with Gasteiger partial charge >= 0.3 is 0 Å². The van der Waals surface area contributed by atoms with Gasteiger partial charge in [-0.15, -0.1) is 0 Å². The van der Waals surface area contributed by atoms with Crippen LogP contribution in [-0.2, 0) is 14.8 Å². The maximum atomic E-state index is 13.9. The lowest BCUT2D eigenvalue weighted by Gasteiger charge is -2.31. The monoisotopic (exact) mass is 410 g/mol. The number of hydrogen-bond donors (Lipinski definition) is 2. The molecular formula is C19H22F2N3O3S+. The van der Waals surface area contributed by atoms with Crippen molar-refractivity contribution in [3.63, 3.8) is 0 Å². The minimum Gasteiger partial charge on any atom is -0.325 e. The van der Waals surface area contributed by atoms with Gasteiger partial charge in [0.25, 0.3) is 5.91 Å². The number of carbonyl (C=O) groups excluding carboxylic acids is 1. The van der Waals surface area contributed by atoms with E-state index in [0.717, 1.165) is 33.0 Å². The molecule has 28 heavy (non-hydrogen) atoms. The molecule has 1 fully saturated rings. The Morgan fingerprint density at radius 2 is 1.71 bits per heavy atom. The van der Waals surface area contributed by atoms with Gasteiger partial charge in [0.1, 0.15) is 11.6 Å². The van der Waals surface area contributed by atoms with Gasteiger partial charge in [0.05, 0.1) is 26.2 Å². The summed E-state index contributed by atoms with van der Waals surface area (Å²) in [4.78, 5) is 12.2. The van der Waals surface area contributed by atoms with Gasteiger partial charge in [-0.25, -0.2) is 17.2 Å². The van der Waals surface area contributed by atoms with Crippen molar-refractivity contribution in [3.05, 3.63) is 59.7 Å². The Kier molecular flexibility index (Phi) is 6.07. The van der Waals surface area contributed by atoms with Crippen LogP contribution >= 0.6 is 0 Å². The van der Waals surface area contributed by atoms with Crippen LogP contribution in [0.4, 0.5) is 14.5 Å². The van der Waals surface area contributed by atoms with Crippen molar-refractivity contribution in [3.8, 4) is 0 Å². The molecule has 0 atom stereocenters. The predicted octanol–water partition coefficient (Wildman–Crippen LogP) is 0.801. The Hall–Kier alpha value is -2.36. The van der Waals surface area contributed by atoms with E-state index < -0.39 is 26.6 Å². The highest BCUT2D eigenvalue weighted by Gasteiger charge is 2.34. The first kappa shape index (κ1) is 20.4. The molecule has 2 aromatic rings. The average Bonchev–Trinajstić information content (AvgIpc) is 2.61. The van der Waals surface area contributed by atoms with E-state index in [4.69, 9.17) is 0 Å². The number of anilines is 1. The average molecular weight is 410 g/mol. The fourth-order valence-electron chi connectivity index (χ4n) is 3.23. The number of rotatable bonds is 5. The zero-order valence-electron chi connectivity index (χ0n) is 15.4. The van der Waals surface area contributed by atoms with Gasteiger partial charge in [0.15, 0.2) is 11.4 Å². The molecule has 1 amide bonds. The lowest BCUT2D eigenvalue weighted by atomic mass is 10.2. The lowest BCUT2D eigenvalue weighted by Crippen LogP contribution is -3.15. The van der Waals surface area contributed by atoms with Gasteiger partial charge in [-0.1, -0.05) is 18.2 Å². The van der Waals surface area contributed by atoms with Crippen molar-refractivity contribution in [1.82, 2.24) is 4.31 Å². The second-order valence-corrected chi connectivity index (χ2v) is 8.67. The SMILES string of the molecule is Cc1cccc(NC(=O)C[NH+]2CCN(S(=O)(=O)c3c(F)cccc3F)CC2)c1. The number of halogens is 2. The molecule has 150 valence electrons. The van der Waals surface area contributed by atoms with E-state index in [1.807, 2.05) is 25.1 Å². The Balaban J connectivity index is 1.59. The van der Waals surface area contributed by atoms with E-state index >= 15 is 0 Å². The Morgan fingerprint density at radius 1 is 1.11 bits per heavy atom. The highest BCUT2D eigenvalue weighted by molar-refractivity contribution is 7.89. The number of sulfonamides is 1.